The molecule has 1 fully saturated rings. The van der Waals surface area contributed by atoms with Gasteiger partial charge in [0.15, 0.2) is 5.82 Å². The third kappa shape index (κ3) is 3.59. The summed E-state index contributed by atoms with van der Waals surface area (Å²) in [4.78, 5) is 18.5. The van der Waals surface area contributed by atoms with Crippen LogP contribution in [0.2, 0.25) is 0 Å². The van der Waals surface area contributed by atoms with Crippen LogP contribution in [0.5, 0.6) is 0 Å². The van der Waals surface area contributed by atoms with Crippen LogP contribution in [0.1, 0.15) is 47.8 Å². The number of hydrogen-bond donors (Lipinski definition) is 0. The Morgan fingerprint density at radius 2 is 2.08 bits per heavy atom. The molecule has 2 aromatic heterocycles. The summed E-state index contributed by atoms with van der Waals surface area (Å²) in [6.45, 7) is 5.30. The summed E-state index contributed by atoms with van der Waals surface area (Å²) in [5, 5.41) is 4.16. The Balaban J connectivity index is 1.82. The van der Waals surface area contributed by atoms with Gasteiger partial charge in [-0.3, -0.25) is 4.79 Å². The van der Waals surface area contributed by atoms with E-state index in [1.807, 2.05) is 4.90 Å². The molecule has 0 spiro atoms. The standard InChI is InChI=1S/C18H21F3N4O/c1-3-13-5-4-8-24(11-13)17(26)15-10-23-25(12(15)2)16-7-6-14(9-22-16)18(19,20)21/h6-7,9-10,13H,3-5,8,11H2,1-2H3. The van der Waals surface area contributed by atoms with E-state index in [4.69, 9.17) is 0 Å². The zero-order valence-electron chi connectivity index (χ0n) is 14.8. The van der Waals surface area contributed by atoms with E-state index in [1.54, 1.807) is 6.92 Å². The molecule has 26 heavy (non-hydrogen) atoms. The Morgan fingerprint density at radius 1 is 1.31 bits per heavy atom. The Labute approximate surface area is 149 Å². The van der Waals surface area contributed by atoms with E-state index < -0.39 is 11.7 Å². The van der Waals surface area contributed by atoms with Crippen molar-refractivity contribution < 1.29 is 18.0 Å². The Kier molecular flexibility index (Phi) is 5.02. The molecule has 3 heterocycles. The number of carbonyl (C=O) groups excluding carboxylic acids is 1. The molecule has 3 rings (SSSR count). The van der Waals surface area contributed by atoms with Crippen LogP contribution >= 0.6 is 0 Å². The normalized spacial score (nSPS) is 18.2. The molecular weight excluding hydrogens is 345 g/mol. The van der Waals surface area contributed by atoms with Crippen molar-refractivity contribution in [2.75, 3.05) is 13.1 Å². The van der Waals surface area contributed by atoms with Crippen LogP contribution in [0.3, 0.4) is 0 Å². The molecule has 0 saturated carbocycles. The molecule has 1 unspecified atom stereocenters. The van der Waals surface area contributed by atoms with Crippen molar-refractivity contribution in [1.29, 1.82) is 0 Å². The van der Waals surface area contributed by atoms with Gasteiger partial charge >= 0.3 is 6.18 Å². The van der Waals surface area contributed by atoms with Crippen molar-refractivity contribution in [2.45, 2.75) is 39.3 Å². The summed E-state index contributed by atoms with van der Waals surface area (Å²) >= 11 is 0. The van der Waals surface area contributed by atoms with Crippen LogP contribution in [0.4, 0.5) is 13.2 Å². The topological polar surface area (TPSA) is 51.0 Å². The molecule has 2 aromatic rings. The van der Waals surface area contributed by atoms with E-state index >= 15 is 0 Å². The number of carbonyl (C=O) groups is 1. The highest BCUT2D eigenvalue weighted by Crippen LogP contribution is 2.29. The molecule has 140 valence electrons. The largest absolute Gasteiger partial charge is 0.417 e. The first-order valence-corrected chi connectivity index (χ1v) is 8.68. The van der Waals surface area contributed by atoms with Crippen LogP contribution < -0.4 is 0 Å². The van der Waals surface area contributed by atoms with Gasteiger partial charge in [-0.15, -0.1) is 0 Å². The summed E-state index contributed by atoms with van der Waals surface area (Å²) in [5.41, 5.74) is 0.214. The molecular formula is C18H21F3N4O. The first-order chi connectivity index (χ1) is 12.3. The number of piperidine rings is 1. The lowest BCUT2D eigenvalue weighted by molar-refractivity contribution is -0.137. The maximum atomic E-state index is 12.8. The Morgan fingerprint density at radius 3 is 2.69 bits per heavy atom. The molecule has 0 aliphatic carbocycles. The van der Waals surface area contributed by atoms with Crippen molar-refractivity contribution in [2.24, 2.45) is 5.92 Å². The molecule has 5 nitrogen and oxygen atoms in total. The van der Waals surface area contributed by atoms with Crippen LogP contribution in [0.25, 0.3) is 5.82 Å². The molecule has 1 saturated heterocycles. The highest BCUT2D eigenvalue weighted by atomic mass is 19.4. The van der Waals surface area contributed by atoms with Crippen molar-refractivity contribution in [3.8, 4) is 5.82 Å². The zero-order valence-corrected chi connectivity index (χ0v) is 14.8. The lowest BCUT2D eigenvalue weighted by atomic mass is 9.95. The van der Waals surface area contributed by atoms with Crippen molar-refractivity contribution in [3.05, 3.63) is 41.3 Å². The van der Waals surface area contributed by atoms with Gasteiger partial charge in [0.1, 0.15) is 0 Å². The van der Waals surface area contributed by atoms with E-state index in [0.29, 0.717) is 17.2 Å². The Bertz CT molecular complexity index is 783. The number of alkyl halides is 3. The molecule has 1 aliphatic rings. The number of halogens is 3. The van der Waals surface area contributed by atoms with E-state index in [-0.39, 0.29) is 11.7 Å². The summed E-state index contributed by atoms with van der Waals surface area (Å²) in [7, 11) is 0. The fourth-order valence-electron chi connectivity index (χ4n) is 3.28. The number of likely N-dealkylation sites (tertiary alicyclic amines) is 1. The van der Waals surface area contributed by atoms with Crippen molar-refractivity contribution in [1.82, 2.24) is 19.7 Å². The zero-order chi connectivity index (χ0) is 18.9. The SMILES string of the molecule is CCC1CCCN(C(=O)c2cnn(-c3ccc(C(F)(F)F)cn3)c2C)C1. The van der Waals surface area contributed by atoms with E-state index in [9.17, 15) is 18.0 Å². The Hall–Kier alpha value is -2.38. The van der Waals surface area contributed by atoms with Gasteiger partial charge in [-0.25, -0.2) is 9.67 Å². The fraction of sp³-hybridized carbons (Fsp3) is 0.500. The second-order valence-electron chi connectivity index (χ2n) is 6.63. The van der Waals surface area contributed by atoms with E-state index in [0.717, 1.165) is 44.6 Å². The molecule has 1 atom stereocenters. The number of amides is 1. The lowest BCUT2D eigenvalue weighted by Crippen LogP contribution is -2.39. The quantitative estimate of drug-likeness (QED) is 0.829. The minimum absolute atomic E-state index is 0.0844. The van der Waals surface area contributed by atoms with Crippen LogP contribution in [-0.2, 0) is 6.18 Å². The lowest BCUT2D eigenvalue weighted by Gasteiger charge is -2.32. The third-order valence-electron chi connectivity index (χ3n) is 4.92. The highest BCUT2D eigenvalue weighted by Gasteiger charge is 2.31. The molecule has 1 aliphatic heterocycles. The van der Waals surface area contributed by atoms with Gasteiger partial charge in [0.05, 0.1) is 23.0 Å². The molecule has 0 aromatic carbocycles. The van der Waals surface area contributed by atoms with E-state index in [2.05, 4.69) is 17.0 Å². The summed E-state index contributed by atoms with van der Waals surface area (Å²) in [6, 6.07) is 2.21. The summed E-state index contributed by atoms with van der Waals surface area (Å²) < 4.78 is 39.4. The van der Waals surface area contributed by atoms with Gasteiger partial charge in [-0.1, -0.05) is 13.3 Å². The van der Waals surface area contributed by atoms with Gasteiger partial charge in [0.2, 0.25) is 0 Å². The number of pyridine rings is 1. The highest BCUT2D eigenvalue weighted by molar-refractivity contribution is 5.95. The van der Waals surface area contributed by atoms with Gasteiger partial charge in [0.25, 0.3) is 5.91 Å². The second-order valence-corrected chi connectivity index (χ2v) is 6.63. The first-order valence-electron chi connectivity index (χ1n) is 8.68. The van der Waals surface area contributed by atoms with Gasteiger partial charge < -0.3 is 4.90 Å². The third-order valence-corrected chi connectivity index (χ3v) is 4.92. The number of rotatable bonds is 3. The number of nitrogens with zero attached hydrogens (tertiary/aromatic N) is 4. The maximum absolute atomic E-state index is 12.8. The van der Waals surface area contributed by atoms with Crippen LogP contribution in [0.15, 0.2) is 24.5 Å². The fourth-order valence-corrected chi connectivity index (χ4v) is 3.28. The van der Waals surface area contributed by atoms with E-state index in [1.165, 1.54) is 16.9 Å². The van der Waals surface area contributed by atoms with Crippen LogP contribution in [-0.4, -0.2) is 38.7 Å². The smallest absolute Gasteiger partial charge is 0.338 e. The predicted octanol–water partition coefficient (Wildman–Crippen LogP) is 3.86. The average molecular weight is 366 g/mol. The maximum Gasteiger partial charge on any atom is 0.417 e. The second kappa shape index (κ2) is 7.09. The van der Waals surface area contributed by atoms with Gasteiger partial charge in [-0.05, 0) is 37.8 Å². The van der Waals surface area contributed by atoms with Crippen LogP contribution in [0, 0.1) is 12.8 Å². The molecule has 1 amide bonds. The molecule has 0 bridgehead atoms. The first kappa shape index (κ1) is 18.4. The number of hydrogen-bond acceptors (Lipinski definition) is 3. The molecule has 0 radical (unpaired) electrons. The molecule has 8 heteroatoms. The van der Waals surface area contributed by atoms with Crippen molar-refractivity contribution >= 4 is 5.91 Å². The van der Waals surface area contributed by atoms with Crippen molar-refractivity contribution in [3.63, 3.8) is 0 Å². The predicted molar refractivity (Wildman–Crippen MR) is 90.0 cm³/mol. The number of aromatic nitrogens is 3. The van der Waals surface area contributed by atoms with Gasteiger partial charge in [0, 0.05) is 19.3 Å². The minimum atomic E-state index is -4.43. The monoisotopic (exact) mass is 366 g/mol. The summed E-state index contributed by atoms with van der Waals surface area (Å²) in [5.74, 6) is 0.679. The summed E-state index contributed by atoms with van der Waals surface area (Å²) in [6.07, 6.45) is 0.959. The average Bonchev–Trinajstić information content (AvgIpc) is 3.02. The van der Waals surface area contributed by atoms with Gasteiger partial charge in [-0.2, -0.15) is 18.3 Å². The minimum Gasteiger partial charge on any atom is -0.338 e. The molecule has 0 N–H and O–H groups in total.